The third-order valence-corrected chi connectivity index (χ3v) is 3.87. The van der Waals surface area contributed by atoms with Crippen molar-refractivity contribution >= 4 is 0 Å². The third-order valence-electron chi connectivity index (χ3n) is 3.87. The van der Waals surface area contributed by atoms with Crippen molar-refractivity contribution in [1.82, 2.24) is 4.98 Å². The number of pyridine rings is 1. The van der Waals surface area contributed by atoms with Gasteiger partial charge < -0.3 is 5.11 Å². The van der Waals surface area contributed by atoms with Crippen molar-refractivity contribution in [2.75, 3.05) is 0 Å². The van der Waals surface area contributed by atoms with E-state index < -0.39 is 5.60 Å². The molecule has 0 saturated carbocycles. The Balaban J connectivity index is 1.93. The van der Waals surface area contributed by atoms with Crippen molar-refractivity contribution in [1.29, 1.82) is 0 Å². The van der Waals surface area contributed by atoms with Gasteiger partial charge in [0.2, 0.25) is 0 Å². The fourth-order valence-electron chi connectivity index (χ4n) is 2.47. The first kappa shape index (κ1) is 14.4. The predicted molar refractivity (Wildman–Crippen MR) is 84.7 cm³/mol. The van der Waals surface area contributed by atoms with Crippen LogP contribution < -0.4 is 0 Å². The van der Waals surface area contributed by atoms with Crippen LogP contribution in [0.1, 0.15) is 18.1 Å². The Bertz CT molecular complexity index is 750. The molecule has 0 spiro atoms. The number of hydrogen-bond donors (Lipinski definition) is 1. The summed E-state index contributed by atoms with van der Waals surface area (Å²) in [5.41, 5.74) is 2.39. The van der Waals surface area contributed by atoms with E-state index in [-0.39, 0.29) is 5.82 Å². The minimum atomic E-state index is -1.16. The van der Waals surface area contributed by atoms with Crippen LogP contribution >= 0.6 is 0 Å². The van der Waals surface area contributed by atoms with Crippen LogP contribution in [0.5, 0.6) is 0 Å². The molecule has 2 nitrogen and oxygen atoms in total. The van der Waals surface area contributed by atoms with E-state index in [1.54, 1.807) is 31.5 Å². The Morgan fingerprint density at radius 2 is 1.23 bits per heavy atom. The smallest absolute Gasteiger partial charge is 0.123 e. The van der Waals surface area contributed by atoms with Crippen LogP contribution in [0.25, 0.3) is 11.1 Å². The zero-order valence-corrected chi connectivity index (χ0v) is 12.2. The van der Waals surface area contributed by atoms with Gasteiger partial charge in [-0.1, -0.05) is 36.4 Å². The van der Waals surface area contributed by atoms with Crippen LogP contribution in [-0.2, 0) is 5.60 Å². The summed E-state index contributed by atoms with van der Waals surface area (Å²) in [6.45, 7) is 1.71. The second-order valence-electron chi connectivity index (χ2n) is 5.39. The molecule has 1 aromatic heterocycles. The minimum absolute atomic E-state index is 0.312. The topological polar surface area (TPSA) is 33.1 Å². The van der Waals surface area contributed by atoms with Gasteiger partial charge in [0, 0.05) is 12.4 Å². The molecule has 3 heteroatoms. The summed E-state index contributed by atoms with van der Waals surface area (Å²) in [4.78, 5) is 4.00. The van der Waals surface area contributed by atoms with Crippen molar-refractivity contribution in [3.8, 4) is 11.1 Å². The molecular weight excluding hydrogens is 277 g/mol. The fourth-order valence-corrected chi connectivity index (χ4v) is 2.47. The van der Waals surface area contributed by atoms with Crippen molar-refractivity contribution in [3.05, 3.63) is 90.0 Å². The summed E-state index contributed by atoms with van der Waals surface area (Å²) >= 11 is 0. The maximum atomic E-state index is 13.0. The number of rotatable bonds is 3. The summed E-state index contributed by atoms with van der Waals surface area (Å²) in [5.74, 6) is -0.312. The van der Waals surface area contributed by atoms with Gasteiger partial charge in [0.25, 0.3) is 0 Å². The average Bonchev–Trinajstić information content (AvgIpc) is 2.56. The van der Waals surface area contributed by atoms with Crippen molar-refractivity contribution < 1.29 is 9.50 Å². The van der Waals surface area contributed by atoms with E-state index in [9.17, 15) is 9.50 Å². The lowest BCUT2D eigenvalue weighted by Crippen LogP contribution is -2.22. The average molecular weight is 293 g/mol. The number of nitrogens with zero attached hydrogens (tertiary/aromatic N) is 1. The highest BCUT2D eigenvalue weighted by molar-refractivity contribution is 5.63. The summed E-state index contributed by atoms with van der Waals surface area (Å²) < 4.78 is 13.0. The lowest BCUT2D eigenvalue weighted by molar-refractivity contribution is 0.102. The maximum Gasteiger partial charge on any atom is 0.123 e. The normalized spacial score (nSPS) is 13.6. The zero-order valence-electron chi connectivity index (χ0n) is 12.2. The number of aromatic nitrogens is 1. The van der Waals surface area contributed by atoms with Gasteiger partial charge in [-0.05, 0) is 53.4 Å². The van der Waals surface area contributed by atoms with Gasteiger partial charge in [-0.3, -0.25) is 4.98 Å². The van der Waals surface area contributed by atoms with Gasteiger partial charge in [0.15, 0.2) is 0 Å². The number of benzene rings is 2. The van der Waals surface area contributed by atoms with E-state index in [2.05, 4.69) is 4.98 Å². The van der Waals surface area contributed by atoms with Gasteiger partial charge in [-0.2, -0.15) is 0 Å². The molecule has 110 valence electrons. The van der Waals surface area contributed by atoms with Gasteiger partial charge in [0.05, 0.1) is 0 Å². The first-order valence-electron chi connectivity index (χ1n) is 7.07. The molecule has 0 aliphatic rings. The molecule has 0 aliphatic heterocycles. The quantitative estimate of drug-likeness (QED) is 0.787. The second-order valence-corrected chi connectivity index (χ2v) is 5.39. The van der Waals surface area contributed by atoms with Gasteiger partial charge in [-0.25, -0.2) is 4.39 Å². The van der Waals surface area contributed by atoms with Crippen LogP contribution in [0.2, 0.25) is 0 Å². The van der Waals surface area contributed by atoms with Crippen LogP contribution in [0, 0.1) is 5.82 Å². The van der Waals surface area contributed by atoms with Gasteiger partial charge in [0.1, 0.15) is 11.4 Å². The fraction of sp³-hybridized carbons (Fsp3) is 0.105. The highest BCUT2D eigenvalue weighted by atomic mass is 19.1. The Labute approximate surface area is 128 Å². The summed E-state index contributed by atoms with van der Waals surface area (Å²) in [6, 6.07) is 17.5. The van der Waals surface area contributed by atoms with E-state index in [1.807, 2.05) is 36.4 Å². The number of hydrogen-bond acceptors (Lipinski definition) is 2. The van der Waals surface area contributed by atoms with E-state index in [0.29, 0.717) is 5.56 Å². The third kappa shape index (κ3) is 2.76. The molecule has 0 unspecified atom stereocenters. The van der Waals surface area contributed by atoms with Gasteiger partial charge >= 0.3 is 0 Å². The maximum absolute atomic E-state index is 13.0. The van der Waals surface area contributed by atoms with Gasteiger partial charge in [-0.15, -0.1) is 0 Å². The van der Waals surface area contributed by atoms with Crippen molar-refractivity contribution in [3.63, 3.8) is 0 Å². The Kier molecular flexibility index (Phi) is 3.73. The van der Waals surface area contributed by atoms with Crippen LogP contribution in [0.4, 0.5) is 4.39 Å². The second kappa shape index (κ2) is 5.70. The minimum Gasteiger partial charge on any atom is -0.381 e. The Hall–Kier alpha value is -2.52. The van der Waals surface area contributed by atoms with E-state index in [1.165, 1.54) is 12.1 Å². The monoisotopic (exact) mass is 293 g/mol. The lowest BCUT2D eigenvalue weighted by atomic mass is 9.87. The molecule has 3 rings (SSSR count). The SMILES string of the molecule is C[C@@](O)(c1ccc(F)cc1)c1ccc(-c2ccncc2)cc1. The molecule has 1 N–H and O–H groups in total. The molecular formula is C19H16FNO. The van der Waals surface area contributed by atoms with Crippen molar-refractivity contribution in [2.24, 2.45) is 0 Å². The van der Waals surface area contributed by atoms with Crippen molar-refractivity contribution in [2.45, 2.75) is 12.5 Å². The molecule has 1 atom stereocenters. The molecule has 0 bridgehead atoms. The molecule has 1 heterocycles. The highest BCUT2D eigenvalue weighted by Gasteiger charge is 2.25. The van der Waals surface area contributed by atoms with Crippen LogP contribution in [0.15, 0.2) is 73.1 Å². The van der Waals surface area contributed by atoms with Crippen LogP contribution in [-0.4, -0.2) is 10.1 Å². The Morgan fingerprint density at radius 1 is 0.773 bits per heavy atom. The highest BCUT2D eigenvalue weighted by Crippen LogP contribution is 2.30. The Morgan fingerprint density at radius 3 is 1.77 bits per heavy atom. The lowest BCUT2D eigenvalue weighted by Gasteiger charge is -2.24. The van der Waals surface area contributed by atoms with E-state index in [4.69, 9.17) is 0 Å². The first-order chi connectivity index (χ1) is 10.6. The van der Waals surface area contributed by atoms with E-state index >= 15 is 0 Å². The number of halogens is 1. The summed E-state index contributed by atoms with van der Waals surface area (Å²) in [6.07, 6.45) is 3.50. The molecule has 2 aromatic carbocycles. The number of aliphatic hydroxyl groups is 1. The largest absolute Gasteiger partial charge is 0.381 e. The zero-order chi connectivity index (χ0) is 15.6. The summed E-state index contributed by atoms with van der Waals surface area (Å²) in [7, 11) is 0. The molecule has 22 heavy (non-hydrogen) atoms. The molecule has 0 saturated heterocycles. The molecule has 0 fully saturated rings. The standard InChI is InChI=1S/C19H16FNO/c1-19(22,17-6-8-18(20)9-7-17)16-4-2-14(3-5-16)15-10-12-21-13-11-15/h2-13,22H,1H3/t19-/m0/s1. The van der Waals surface area contributed by atoms with Crippen LogP contribution in [0.3, 0.4) is 0 Å². The first-order valence-corrected chi connectivity index (χ1v) is 7.07. The molecule has 3 aromatic rings. The molecule has 0 aliphatic carbocycles. The molecule has 0 amide bonds. The molecule has 0 radical (unpaired) electrons. The van der Waals surface area contributed by atoms with E-state index in [0.717, 1.165) is 16.7 Å². The predicted octanol–water partition coefficient (Wildman–Crippen LogP) is 4.14. The summed E-state index contributed by atoms with van der Waals surface area (Å²) in [5, 5.41) is 10.8.